The van der Waals surface area contributed by atoms with Crippen molar-refractivity contribution in [3.05, 3.63) is 0 Å². The summed E-state index contributed by atoms with van der Waals surface area (Å²) in [7, 11) is 0. The number of nitrogens with one attached hydrogen (secondary N) is 1. The molecule has 1 amide bonds. The van der Waals surface area contributed by atoms with Gasteiger partial charge in [-0.15, -0.1) is 11.6 Å². The first-order valence-electron chi connectivity index (χ1n) is 5.18. The van der Waals surface area contributed by atoms with Crippen LogP contribution in [0.2, 0.25) is 0 Å². The third-order valence-corrected chi connectivity index (χ3v) is 3.89. The van der Waals surface area contributed by atoms with E-state index < -0.39 is 0 Å². The number of carbonyl (C=O) groups is 1. The Morgan fingerprint density at radius 2 is 2.50 bits per heavy atom. The molecule has 2 unspecified atom stereocenters. The highest BCUT2D eigenvalue weighted by atomic mass is 35.5. The lowest BCUT2D eigenvalue weighted by atomic mass is 10.1. The predicted molar refractivity (Wildman–Crippen MR) is 63.0 cm³/mol. The summed E-state index contributed by atoms with van der Waals surface area (Å²) < 4.78 is 0. The van der Waals surface area contributed by atoms with Gasteiger partial charge < -0.3 is 5.32 Å². The van der Waals surface area contributed by atoms with Crippen LogP contribution in [-0.4, -0.2) is 29.3 Å². The average molecular weight is 236 g/mol. The molecule has 4 heteroatoms. The maximum absolute atomic E-state index is 11.7. The van der Waals surface area contributed by atoms with Crippen LogP contribution in [0.3, 0.4) is 0 Å². The summed E-state index contributed by atoms with van der Waals surface area (Å²) >= 11 is 7.47. The molecular weight excluding hydrogens is 218 g/mol. The summed E-state index contributed by atoms with van der Waals surface area (Å²) in [5.41, 5.74) is 0. The monoisotopic (exact) mass is 235 g/mol. The Labute approximate surface area is 95.2 Å². The molecular formula is C10H18ClNOS. The van der Waals surface area contributed by atoms with Gasteiger partial charge in [-0.3, -0.25) is 4.79 Å². The van der Waals surface area contributed by atoms with Crippen molar-refractivity contribution in [2.75, 3.05) is 17.4 Å². The first kappa shape index (κ1) is 12.2. The molecule has 0 spiro atoms. The van der Waals surface area contributed by atoms with Gasteiger partial charge >= 0.3 is 0 Å². The maximum Gasteiger partial charge on any atom is 0.224 e. The number of carbonyl (C=O) groups excluding carboxylic acids is 1. The second kappa shape index (κ2) is 6.57. The van der Waals surface area contributed by atoms with Crippen molar-refractivity contribution in [1.82, 2.24) is 5.32 Å². The fourth-order valence-electron chi connectivity index (χ4n) is 1.56. The molecule has 1 N–H and O–H groups in total. The Hall–Kier alpha value is 0.110. The number of alkyl halides is 1. The Kier molecular flexibility index (Phi) is 5.71. The van der Waals surface area contributed by atoms with Gasteiger partial charge in [0.1, 0.15) is 0 Å². The minimum Gasteiger partial charge on any atom is -0.353 e. The summed E-state index contributed by atoms with van der Waals surface area (Å²) in [6.07, 6.45) is 3.00. The van der Waals surface area contributed by atoms with E-state index in [0.29, 0.717) is 5.88 Å². The van der Waals surface area contributed by atoms with Crippen LogP contribution in [0.4, 0.5) is 0 Å². The first-order valence-corrected chi connectivity index (χ1v) is 6.87. The molecule has 0 radical (unpaired) electrons. The normalized spacial score (nSPS) is 23.4. The zero-order valence-electron chi connectivity index (χ0n) is 8.59. The minimum atomic E-state index is 0.233. The minimum absolute atomic E-state index is 0.233. The Morgan fingerprint density at radius 3 is 3.07 bits per heavy atom. The molecule has 0 aromatic rings. The van der Waals surface area contributed by atoms with Gasteiger partial charge in [0.05, 0.1) is 0 Å². The van der Waals surface area contributed by atoms with E-state index in [2.05, 4.69) is 5.32 Å². The summed E-state index contributed by atoms with van der Waals surface area (Å²) in [5.74, 6) is 3.29. The number of halogens is 1. The Balaban J connectivity index is 2.18. The molecule has 0 bridgehead atoms. The van der Waals surface area contributed by atoms with Crippen LogP contribution in [0.25, 0.3) is 0 Å². The number of hydrogen-bond donors (Lipinski definition) is 1. The van der Waals surface area contributed by atoms with Gasteiger partial charge in [-0.1, -0.05) is 0 Å². The molecule has 0 aromatic heterocycles. The summed E-state index contributed by atoms with van der Waals surface area (Å²) in [5, 5.41) is 3.05. The van der Waals surface area contributed by atoms with E-state index in [1.807, 2.05) is 18.7 Å². The Morgan fingerprint density at radius 1 is 1.71 bits per heavy atom. The molecule has 1 fully saturated rings. The topological polar surface area (TPSA) is 29.1 Å². The molecule has 1 heterocycles. The quantitative estimate of drug-likeness (QED) is 0.741. The van der Waals surface area contributed by atoms with Crippen molar-refractivity contribution in [3.63, 3.8) is 0 Å². The second-order valence-electron chi connectivity index (χ2n) is 3.80. The van der Waals surface area contributed by atoms with Crippen LogP contribution in [0.1, 0.15) is 26.2 Å². The number of amides is 1. The smallest absolute Gasteiger partial charge is 0.224 e. The lowest BCUT2D eigenvalue weighted by Crippen LogP contribution is -2.37. The van der Waals surface area contributed by atoms with Crippen molar-refractivity contribution in [1.29, 1.82) is 0 Å². The molecule has 14 heavy (non-hydrogen) atoms. The van der Waals surface area contributed by atoms with Crippen molar-refractivity contribution >= 4 is 29.3 Å². The van der Waals surface area contributed by atoms with Gasteiger partial charge in [0, 0.05) is 23.6 Å². The average Bonchev–Trinajstić information content (AvgIpc) is 2.67. The van der Waals surface area contributed by atoms with E-state index in [1.54, 1.807) is 0 Å². The molecule has 1 aliphatic rings. The molecule has 1 rings (SSSR count). The van der Waals surface area contributed by atoms with Crippen LogP contribution in [0, 0.1) is 5.92 Å². The third kappa shape index (κ3) is 4.09. The van der Waals surface area contributed by atoms with Gasteiger partial charge in [-0.25, -0.2) is 0 Å². The van der Waals surface area contributed by atoms with E-state index in [-0.39, 0.29) is 17.9 Å². The molecule has 0 aromatic carbocycles. The Bertz CT molecular complexity index is 183. The molecule has 2 nitrogen and oxygen atoms in total. The fraction of sp³-hybridized carbons (Fsp3) is 0.900. The van der Waals surface area contributed by atoms with Crippen LogP contribution in [-0.2, 0) is 4.79 Å². The molecule has 1 aliphatic heterocycles. The van der Waals surface area contributed by atoms with E-state index in [1.165, 1.54) is 0 Å². The summed E-state index contributed by atoms with van der Waals surface area (Å²) in [6.45, 7) is 2.05. The molecule has 2 atom stereocenters. The molecule has 1 saturated heterocycles. The first-order chi connectivity index (χ1) is 6.74. The van der Waals surface area contributed by atoms with Crippen molar-refractivity contribution in [2.45, 2.75) is 32.2 Å². The van der Waals surface area contributed by atoms with Crippen LogP contribution in [0.5, 0.6) is 0 Å². The van der Waals surface area contributed by atoms with Gasteiger partial charge in [0.2, 0.25) is 5.91 Å². The maximum atomic E-state index is 11.7. The lowest BCUT2D eigenvalue weighted by Gasteiger charge is -2.15. The highest BCUT2D eigenvalue weighted by Crippen LogP contribution is 2.23. The summed E-state index contributed by atoms with van der Waals surface area (Å²) in [6, 6.07) is 0.270. The molecule has 0 aliphatic carbocycles. The van der Waals surface area contributed by atoms with Gasteiger partial charge in [-0.05, 0) is 31.9 Å². The number of rotatable bonds is 5. The van der Waals surface area contributed by atoms with E-state index in [0.717, 1.165) is 30.8 Å². The van der Waals surface area contributed by atoms with Crippen molar-refractivity contribution in [3.8, 4) is 0 Å². The summed E-state index contributed by atoms with van der Waals surface area (Å²) in [4.78, 5) is 11.7. The van der Waals surface area contributed by atoms with Gasteiger partial charge in [-0.2, -0.15) is 11.8 Å². The SMILES string of the molecule is CC(CCCCl)NC(=O)C1CCSC1. The van der Waals surface area contributed by atoms with E-state index >= 15 is 0 Å². The fourth-order valence-corrected chi connectivity index (χ4v) is 2.93. The highest BCUT2D eigenvalue weighted by Gasteiger charge is 2.23. The third-order valence-electron chi connectivity index (χ3n) is 2.46. The number of thioether (sulfide) groups is 1. The van der Waals surface area contributed by atoms with Crippen LogP contribution in [0.15, 0.2) is 0 Å². The molecule has 82 valence electrons. The van der Waals surface area contributed by atoms with Gasteiger partial charge in [0.15, 0.2) is 0 Å². The van der Waals surface area contributed by atoms with Gasteiger partial charge in [0.25, 0.3) is 0 Å². The zero-order chi connectivity index (χ0) is 10.4. The second-order valence-corrected chi connectivity index (χ2v) is 5.33. The zero-order valence-corrected chi connectivity index (χ0v) is 10.2. The van der Waals surface area contributed by atoms with Crippen molar-refractivity contribution < 1.29 is 4.79 Å². The van der Waals surface area contributed by atoms with E-state index in [4.69, 9.17) is 11.6 Å². The highest BCUT2D eigenvalue weighted by molar-refractivity contribution is 7.99. The van der Waals surface area contributed by atoms with Crippen LogP contribution >= 0.6 is 23.4 Å². The largest absolute Gasteiger partial charge is 0.353 e. The lowest BCUT2D eigenvalue weighted by molar-refractivity contribution is -0.124. The van der Waals surface area contributed by atoms with E-state index in [9.17, 15) is 4.79 Å². The predicted octanol–water partition coefficient (Wildman–Crippen LogP) is 2.26. The standard InChI is InChI=1S/C10H18ClNOS/c1-8(3-2-5-11)12-10(13)9-4-6-14-7-9/h8-9H,2-7H2,1H3,(H,12,13). The van der Waals surface area contributed by atoms with Crippen molar-refractivity contribution in [2.24, 2.45) is 5.92 Å². The van der Waals surface area contributed by atoms with Crippen LogP contribution < -0.4 is 5.32 Å². The number of hydrogen-bond acceptors (Lipinski definition) is 2. The molecule has 0 saturated carbocycles.